The second-order valence-corrected chi connectivity index (χ2v) is 5.06. The van der Waals surface area contributed by atoms with Crippen LogP contribution in [0.3, 0.4) is 0 Å². The van der Waals surface area contributed by atoms with Crippen molar-refractivity contribution in [2.75, 3.05) is 11.9 Å². The second-order valence-electron chi connectivity index (χ2n) is 4.15. The van der Waals surface area contributed by atoms with Gasteiger partial charge >= 0.3 is 5.69 Å². The van der Waals surface area contributed by atoms with Gasteiger partial charge in [-0.3, -0.25) is 10.1 Å². The molecule has 1 aromatic heterocycles. The summed E-state index contributed by atoms with van der Waals surface area (Å²) >= 11 is 3.19. The topological polar surface area (TPSA) is 59.3 Å². The van der Waals surface area contributed by atoms with Crippen molar-refractivity contribution in [3.63, 3.8) is 0 Å². The van der Waals surface area contributed by atoms with Gasteiger partial charge in [0.2, 0.25) is 5.82 Å². The van der Waals surface area contributed by atoms with E-state index >= 15 is 0 Å². The van der Waals surface area contributed by atoms with E-state index < -0.39 is 4.92 Å². The maximum Gasteiger partial charge on any atom is 0.313 e. The monoisotopic (exact) mass is 321 g/mol. The van der Waals surface area contributed by atoms with E-state index in [0.29, 0.717) is 10.3 Å². The molecule has 6 heteroatoms. The summed E-state index contributed by atoms with van der Waals surface area (Å²) in [5, 5.41) is 11.1. The Kier molecular flexibility index (Phi) is 3.80. The number of hydrogen-bond acceptors (Lipinski definition) is 4. The predicted molar refractivity (Wildman–Crippen MR) is 77.8 cm³/mol. The number of halogens is 1. The molecule has 0 radical (unpaired) electrons. The zero-order valence-corrected chi connectivity index (χ0v) is 12.1. The summed E-state index contributed by atoms with van der Waals surface area (Å²) in [6.45, 7) is 1.99. The molecular formula is C13H12BrN3O2. The van der Waals surface area contributed by atoms with Crippen molar-refractivity contribution in [3.8, 4) is 0 Å². The number of aryl methyl sites for hydroxylation is 1. The van der Waals surface area contributed by atoms with Crippen molar-refractivity contribution in [2.24, 2.45) is 0 Å². The van der Waals surface area contributed by atoms with E-state index in [9.17, 15) is 10.1 Å². The van der Waals surface area contributed by atoms with Gasteiger partial charge in [0.05, 0.1) is 4.92 Å². The summed E-state index contributed by atoms with van der Waals surface area (Å²) in [5.41, 5.74) is 1.95. The fourth-order valence-corrected chi connectivity index (χ4v) is 2.02. The van der Waals surface area contributed by atoms with Crippen LogP contribution in [0.1, 0.15) is 5.56 Å². The molecule has 0 saturated carbocycles. The van der Waals surface area contributed by atoms with E-state index in [4.69, 9.17) is 0 Å². The Balaban J connectivity index is 2.46. The van der Waals surface area contributed by atoms with Crippen molar-refractivity contribution in [2.45, 2.75) is 6.92 Å². The van der Waals surface area contributed by atoms with Gasteiger partial charge in [0.15, 0.2) is 0 Å². The molecule has 0 aliphatic carbocycles. The molecule has 0 bridgehead atoms. The molecule has 98 valence electrons. The molecule has 0 amide bonds. The highest BCUT2D eigenvalue weighted by molar-refractivity contribution is 9.10. The van der Waals surface area contributed by atoms with Gasteiger partial charge in [-0.15, -0.1) is 0 Å². The quantitative estimate of drug-likeness (QED) is 0.636. The van der Waals surface area contributed by atoms with Gasteiger partial charge in [-0.05, 0) is 35.0 Å². The molecule has 0 aliphatic heterocycles. The molecule has 0 aliphatic rings. The molecule has 0 unspecified atom stereocenters. The lowest BCUT2D eigenvalue weighted by Crippen LogP contribution is -2.13. The van der Waals surface area contributed by atoms with Gasteiger partial charge in [-0.25, -0.2) is 4.98 Å². The fraction of sp³-hybridized carbons (Fsp3) is 0.154. The van der Waals surface area contributed by atoms with Crippen LogP contribution in [-0.4, -0.2) is 17.0 Å². The van der Waals surface area contributed by atoms with Crippen LogP contribution in [0.5, 0.6) is 0 Å². The first-order chi connectivity index (χ1) is 8.99. The summed E-state index contributed by atoms with van der Waals surface area (Å²) < 4.78 is 0.584. The smallest absolute Gasteiger partial charge is 0.313 e. The van der Waals surface area contributed by atoms with Crippen LogP contribution in [0.25, 0.3) is 0 Å². The highest BCUT2D eigenvalue weighted by Gasteiger charge is 2.20. The Morgan fingerprint density at radius 2 is 1.95 bits per heavy atom. The van der Waals surface area contributed by atoms with Gasteiger partial charge in [-0.2, -0.15) is 0 Å². The van der Waals surface area contributed by atoms with Crippen LogP contribution in [0.2, 0.25) is 0 Å². The minimum absolute atomic E-state index is 0.0301. The molecule has 0 N–H and O–H groups in total. The zero-order valence-electron chi connectivity index (χ0n) is 10.5. The van der Waals surface area contributed by atoms with Crippen LogP contribution in [0.4, 0.5) is 17.2 Å². The summed E-state index contributed by atoms with van der Waals surface area (Å²) in [4.78, 5) is 16.5. The lowest BCUT2D eigenvalue weighted by atomic mass is 10.2. The van der Waals surface area contributed by atoms with E-state index in [1.54, 1.807) is 18.1 Å². The van der Waals surface area contributed by atoms with Crippen LogP contribution in [0, 0.1) is 17.0 Å². The second kappa shape index (κ2) is 5.36. The summed E-state index contributed by atoms with van der Waals surface area (Å²) in [7, 11) is 1.76. The molecular weight excluding hydrogens is 310 g/mol. The molecule has 2 rings (SSSR count). The number of benzene rings is 1. The molecule has 1 heterocycles. The van der Waals surface area contributed by atoms with Gasteiger partial charge in [0.1, 0.15) is 0 Å². The van der Waals surface area contributed by atoms with Crippen LogP contribution in [0.15, 0.2) is 41.0 Å². The van der Waals surface area contributed by atoms with Crippen LogP contribution < -0.4 is 4.90 Å². The summed E-state index contributed by atoms with van der Waals surface area (Å²) in [5.74, 6) is 0.317. The highest BCUT2D eigenvalue weighted by Crippen LogP contribution is 2.32. The summed E-state index contributed by atoms with van der Waals surface area (Å²) in [6, 6.07) is 9.17. The SMILES string of the molecule is Cc1ccc(N(C)c2ncc(Br)cc2[N+](=O)[O-])cc1. The first-order valence-corrected chi connectivity index (χ1v) is 6.38. The number of pyridine rings is 1. The van der Waals surface area contributed by atoms with E-state index in [2.05, 4.69) is 20.9 Å². The Morgan fingerprint density at radius 1 is 1.32 bits per heavy atom. The maximum atomic E-state index is 11.1. The molecule has 0 spiro atoms. The van der Waals surface area contributed by atoms with Gasteiger partial charge in [0, 0.05) is 29.5 Å². The predicted octanol–water partition coefficient (Wildman–Crippen LogP) is 3.83. The average Bonchev–Trinajstić information content (AvgIpc) is 2.38. The van der Waals surface area contributed by atoms with E-state index in [-0.39, 0.29) is 5.69 Å². The van der Waals surface area contributed by atoms with Crippen molar-refractivity contribution in [1.29, 1.82) is 0 Å². The summed E-state index contributed by atoms with van der Waals surface area (Å²) in [6.07, 6.45) is 1.55. The van der Waals surface area contributed by atoms with E-state index in [1.807, 2.05) is 31.2 Å². The first-order valence-electron chi connectivity index (χ1n) is 5.59. The van der Waals surface area contributed by atoms with E-state index in [0.717, 1.165) is 11.3 Å². The highest BCUT2D eigenvalue weighted by atomic mass is 79.9. The van der Waals surface area contributed by atoms with Crippen molar-refractivity contribution in [3.05, 3.63) is 56.7 Å². The van der Waals surface area contributed by atoms with Gasteiger partial charge in [0.25, 0.3) is 0 Å². The molecule has 1 aromatic carbocycles. The first kappa shape index (κ1) is 13.5. The minimum Gasteiger partial charge on any atom is -0.324 e. The standard InChI is InChI=1S/C13H12BrN3O2/c1-9-3-5-11(6-4-9)16(2)13-12(17(18)19)7-10(14)8-15-13/h3-8H,1-2H3. The van der Waals surface area contributed by atoms with Gasteiger partial charge < -0.3 is 4.90 Å². The number of nitrogens with zero attached hydrogens (tertiary/aromatic N) is 3. The lowest BCUT2D eigenvalue weighted by Gasteiger charge is -2.18. The maximum absolute atomic E-state index is 11.1. The molecule has 5 nitrogen and oxygen atoms in total. The van der Waals surface area contributed by atoms with Crippen LogP contribution in [-0.2, 0) is 0 Å². The van der Waals surface area contributed by atoms with Gasteiger partial charge in [-0.1, -0.05) is 17.7 Å². The number of rotatable bonds is 3. The molecule has 0 saturated heterocycles. The third-order valence-electron chi connectivity index (χ3n) is 2.75. The fourth-order valence-electron chi connectivity index (χ4n) is 1.70. The normalized spacial score (nSPS) is 10.3. The zero-order chi connectivity index (χ0) is 14.0. The minimum atomic E-state index is -0.433. The van der Waals surface area contributed by atoms with Crippen LogP contribution >= 0.6 is 15.9 Å². The average molecular weight is 322 g/mol. The molecule has 2 aromatic rings. The Bertz CT molecular complexity index is 614. The van der Waals surface area contributed by atoms with E-state index in [1.165, 1.54) is 6.07 Å². The molecule has 19 heavy (non-hydrogen) atoms. The Morgan fingerprint density at radius 3 is 2.53 bits per heavy atom. The molecule has 0 fully saturated rings. The largest absolute Gasteiger partial charge is 0.324 e. The lowest BCUT2D eigenvalue weighted by molar-refractivity contribution is -0.384. The van der Waals surface area contributed by atoms with Crippen molar-refractivity contribution < 1.29 is 4.92 Å². The Labute approximate surface area is 119 Å². The van der Waals surface area contributed by atoms with Crippen molar-refractivity contribution in [1.82, 2.24) is 4.98 Å². The third-order valence-corrected chi connectivity index (χ3v) is 3.18. The Hall–Kier alpha value is -1.95. The molecule has 0 atom stereocenters. The number of nitro groups is 1. The number of hydrogen-bond donors (Lipinski definition) is 0. The third kappa shape index (κ3) is 2.90. The van der Waals surface area contributed by atoms with Crippen molar-refractivity contribution >= 4 is 33.1 Å². The number of anilines is 2. The number of aromatic nitrogens is 1.